The molecule has 146 valence electrons. The molecule has 4 rings (SSSR count). The van der Waals surface area contributed by atoms with Crippen LogP contribution in [-0.4, -0.2) is 19.0 Å². The summed E-state index contributed by atoms with van der Waals surface area (Å²) in [6.07, 6.45) is 1.66. The predicted octanol–water partition coefficient (Wildman–Crippen LogP) is 5.33. The van der Waals surface area contributed by atoms with Crippen molar-refractivity contribution in [3.63, 3.8) is 0 Å². The second kappa shape index (κ2) is 8.51. The summed E-state index contributed by atoms with van der Waals surface area (Å²) in [6, 6.07) is 16.6. The lowest BCUT2D eigenvalue weighted by Gasteiger charge is -2.11. The average Bonchev–Trinajstić information content (AvgIpc) is 3.38. The number of rotatable bonds is 6. The van der Waals surface area contributed by atoms with E-state index in [0.717, 1.165) is 16.0 Å². The third-order valence-electron chi connectivity index (χ3n) is 4.15. The van der Waals surface area contributed by atoms with Crippen LogP contribution < -0.4 is 9.47 Å². The van der Waals surface area contributed by atoms with Crippen molar-refractivity contribution < 1.29 is 19.0 Å². The topological polar surface area (TPSA) is 57.1 Å². The molecule has 0 atom stereocenters. The number of nitrogens with zero attached hydrogens (tertiary/aromatic N) is 1. The normalized spacial score (nSPS) is 14.6. The summed E-state index contributed by atoms with van der Waals surface area (Å²) in [6.45, 7) is 0.384. The fourth-order valence-electron chi connectivity index (χ4n) is 2.71. The Kier molecular flexibility index (Phi) is 5.64. The van der Waals surface area contributed by atoms with E-state index >= 15 is 0 Å². The Labute approximate surface area is 176 Å². The number of cyclic esters (lactones) is 1. The van der Waals surface area contributed by atoms with Gasteiger partial charge in [0, 0.05) is 5.02 Å². The lowest BCUT2D eigenvalue weighted by Crippen LogP contribution is -2.03. The predicted molar refractivity (Wildman–Crippen MR) is 114 cm³/mol. The molecule has 0 unspecified atom stereocenters. The van der Waals surface area contributed by atoms with Gasteiger partial charge in [0.2, 0.25) is 5.90 Å². The maximum absolute atomic E-state index is 12.1. The number of thiophene rings is 1. The maximum atomic E-state index is 12.1. The Morgan fingerprint density at radius 2 is 1.97 bits per heavy atom. The molecule has 1 aliphatic rings. The van der Waals surface area contributed by atoms with E-state index in [2.05, 4.69) is 4.99 Å². The van der Waals surface area contributed by atoms with E-state index in [9.17, 15) is 4.79 Å². The van der Waals surface area contributed by atoms with E-state index in [1.54, 1.807) is 25.3 Å². The molecule has 0 saturated heterocycles. The van der Waals surface area contributed by atoms with E-state index in [-0.39, 0.29) is 5.70 Å². The number of carbonyl (C=O) groups is 1. The molecule has 5 nitrogen and oxygen atoms in total. The minimum Gasteiger partial charge on any atom is -0.493 e. The first-order valence-corrected chi connectivity index (χ1v) is 10.00. The Balaban J connectivity index is 1.52. The molecule has 1 aromatic heterocycles. The highest BCUT2D eigenvalue weighted by molar-refractivity contribution is 7.12. The highest BCUT2D eigenvalue weighted by atomic mass is 35.5. The molecule has 0 saturated carbocycles. The fraction of sp³-hybridized carbons (Fsp3) is 0.0909. The number of esters is 1. The number of carbonyl (C=O) groups excluding carboxylic acids is 1. The van der Waals surface area contributed by atoms with Gasteiger partial charge < -0.3 is 14.2 Å². The van der Waals surface area contributed by atoms with Gasteiger partial charge in [-0.1, -0.05) is 35.9 Å². The quantitative estimate of drug-likeness (QED) is 0.395. The van der Waals surface area contributed by atoms with Gasteiger partial charge >= 0.3 is 5.97 Å². The van der Waals surface area contributed by atoms with Gasteiger partial charge in [0.15, 0.2) is 17.2 Å². The number of methoxy groups -OCH3 is 1. The summed E-state index contributed by atoms with van der Waals surface area (Å²) < 4.78 is 16.6. The monoisotopic (exact) mass is 425 g/mol. The number of ether oxygens (including phenoxy) is 3. The zero-order valence-corrected chi connectivity index (χ0v) is 17.0. The third kappa shape index (κ3) is 4.50. The number of benzene rings is 2. The number of halogens is 1. The van der Waals surface area contributed by atoms with Gasteiger partial charge in [-0.2, -0.15) is 0 Å². The smallest absolute Gasteiger partial charge is 0.363 e. The van der Waals surface area contributed by atoms with E-state index in [4.69, 9.17) is 25.8 Å². The van der Waals surface area contributed by atoms with Crippen molar-refractivity contribution in [3.8, 4) is 11.5 Å². The van der Waals surface area contributed by atoms with Crippen molar-refractivity contribution in [2.24, 2.45) is 4.99 Å². The summed E-state index contributed by atoms with van der Waals surface area (Å²) in [4.78, 5) is 17.2. The van der Waals surface area contributed by atoms with Crippen molar-refractivity contribution in [2.75, 3.05) is 7.11 Å². The average molecular weight is 426 g/mol. The first-order chi connectivity index (χ1) is 14.1. The first kappa shape index (κ1) is 19.2. The van der Waals surface area contributed by atoms with Crippen LogP contribution in [-0.2, 0) is 16.1 Å². The van der Waals surface area contributed by atoms with E-state index in [1.807, 2.05) is 47.8 Å². The van der Waals surface area contributed by atoms with Gasteiger partial charge in [-0.25, -0.2) is 9.79 Å². The van der Waals surface area contributed by atoms with E-state index in [1.165, 1.54) is 11.3 Å². The van der Waals surface area contributed by atoms with E-state index in [0.29, 0.717) is 29.0 Å². The third-order valence-corrected chi connectivity index (χ3v) is 5.26. The van der Waals surface area contributed by atoms with Crippen molar-refractivity contribution >= 4 is 40.9 Å². The first-order valence-electron chi connectivity index (χ1n) is 8.74. The van der Waals surface area contributed by atoms with Crippen LogP contribution in [0.3, 0.4) is 0 Å². The van der Waals surface area contributed by atoms with Crippen LogP contribution >= 0.6 is 22.9 Å². The van der Waals surface area contributed by atoms with Crippen LogP contribution in [0.25, 0.3) is 6.08 Å². The molecular formula is C22H16ClNO4S. The molecule has 0 aliphatic carbocycles. The molecule has 0 radical (unpaired) electrons. The van der Waals surface area contributed by atoms with Crippen LogP contribution in [0.1, 0.15) is 16.0 Å². The molecule has 3 aromatic rings. The highest BCUT2D eigenvalue weighted by Crippen LogP contribution is 2.30. The van der Waals surface area contributed by atoms with Crippen LogP contribution in [0.2, 0.25) is 5.02 Å². The fourth-order valence-corrected chi connectivity index (χ4v) is 3.48. The Hall–Kier alpha value is -3.09. The van der Waals surface area contributed by atoms with Crippen LogP contribution in [0, 0.1) is 0 Å². The van der Waals surface area contributed by atoms with Gasteiger partial charge in [-0.15, -0.1) is 11.3 Å². The molecule has 0 bridgehead atoms. The molecule has 0 fully saturated rings. The summed E-state index contributed by atoms with van der Waals surface area (Å²) in [5, 5.41) is 2.58. The Morgan fingerprint density at radius 3 is 2.69 bits per heavy atom. The Bertz CT molecular complexity index is 1090. The number of aliphatic imine (C=N–C) groups is 1. The largest absolute Gasteiger partial charge is 0.493 e. The van der Waals surface area contributed by atoms with Gasteiger partial charge in [-0.05, 0) is 52.9 Å². The minimum atomic E-state index is -0.476. The van der Waals surface area contributed by atoms with Gasteiger partial charge in [0.05, 0.1) is 12.0 Å². The molecule has 7 heteroatoms. The summed E-state index contributed by atoms with van der Waals surface area (Å²) >= 11 is 7.37. The van der Waals surface area contributed by atoms with Crippen molar-refractivity contribution in [1.82, 2.24) is 0 Å². The van der Waals surface area contributed by atoms with Crippen molar-refractivity contribution in [3.05, 3.63) is 86.7 Å². The van der Waals surface area contributed by atoms with Crippen LogP contribution in [0.5, 0.6) is 11.5 Å². The SMILES string of the molecule is COc1cc(/C=C2\N=C(c3cccs3)OC2=O)ccc1OCc1ccc(Cl)cc1. The van der Waals surface area contributed by atoms with Crippen molar-refractivity contribution in [2.45, 2.75) is 6.61 Å². The van der Waals surface area contributed by atoms with Crippen LogP contribution in [0.15, 0.2) is 70.7 Å². The van der Waals surface area contributed by atoms with E-state index < -0.39 is 5.97 Å². The summed E-state index contributed by atoms with van der Waals surface area (Å²) in [7, 11) is 1.57. The zero-order valence-electron chi connectivity index (χ0n) is 15.4. The minimum absolute atomic E-state index is 0.241. The second-order valence-corrected chi connectivity index (χ2v) is 7.52. The van der Waals surface area contributed by atoms with Crippen molar-refractivity contribution in [1.29, 1.82) is 0 Å². The lowest BCUT2D eigenvalue weighted by atomic mass is 10.1. The molecule has 0 N–H and O–H groups in total. The van der Waals surface area contributed by atoms with Crippen LogP contribution in [0.4, 0.5) is 0 Å². The number of hydrogen-bond acceptors (Lipinski definition) is 6. The number of hydrogen-bond donors (Lipinski definition) is 0. The van der Waals surface area contributed by atoms with Gasteiger partial charge in [-0.3, -0.25) is 0 Å². The second-order valence-electron chi connectivity index (χ2n) is 6.14. The molecule has 0 amide bonds. The Morgan fingerprint density at radius 1 is 1.14 bits per heavy atom. The zero-order chi connectivity index (χ0) is 20.2. The molecule has 1 aliphatic heterocycles. The molecular weight excluding hydrogens is 410 g/mol. The highest BCUT2D eigenvalue weighted by Gasteiger charge is 2.24. The summed E-state index contributed by atoms with van der Waals surface area (Å²) in [5.74, 6) is 1.00. The lowest BCUT2D eigenvalue weighted by molar-refractivity contribution is -0.129. The summed E-state index contributed by atoms with van der Waals surface area (Å²) in [5.41, 5.74) is 1.99. The molecule has 0 spiro atoms. The molecule has 2 aromatic carbocycles. The molecule has 2 heterocycles. The van der Waals surface area contributed by atoms with Gasteiger partial charge in [0.1, 0.15) is 6.61 Å². The van der Waals surface area contributed by atoms with Gasteiger partial charge in [0.25, 0.3) is 0 Å². The standard InChI is InChI=1S/C22H16ClNO4S/c1-26-19-12-15(6-9-18(19)27-13-14-4-7-16(23)8-5-14)11-17-22(25)28-21(24-17)20-3-2-10-29-20/h2-12H,13H2,1H3/b17-11-. The molecule has 29 heavy (non-hydrogen) atoms. The maximum Gasteiger partial charge on any atom is 0.363 e.